The summed E-state index contributed by atoms with van der Waals surface area (Å²) in [5.74, 6) is 0.899. The van der Waals surface area contributed by atoms with E-state index >= 15 is 0 Å². The van der Waals surface area contributed by atoms with E-state index in [1.165, 1.54) is 16.7 Å². The van der Waals surface area contributed by atoms with Gasteiger partial charge in [-0.3, -0.25) is 24.1 Å². The van der Waals surface area contributed by atoms with E-state index in [-0.39, 0.29) is 47.2 Å². The van der Waals surface area contributed by atoms with Crippen LogP contribution in [0, 0.1) is 0 Å². The van der Waals surface area contributed by atoms with Gasteiger partial charge in [0.15, 0.2) is 17.3 Å². The first-order valence-electron chi connectivity index (χ1n) is 10.4. The smallest absolute Gasteiger partial charge is 0.289 e. The van der Waals surface area contributed by atoms with Gasteiger partial charge in [-0.05, 0) is 48.7 Å². The molecule has 2 aromatic rings. The molecule has 33 heavy (non-hydrogen) atoms. The molecule has 2 unspecified atom stereocenters. The van der Waals surface area contributed by atoms with Crippen molar-refractivity contribution in [3.8, 4) is 11.5 Å². The number of hydrogen-bond acceptors (Lipinski definition) is 8. The van der Waals surface area contributed by atoms with Crippen molar-refractivity contribution in [1.82, 2.24) is 4.90 Å². The first kappa shape index (κ1) is 21.8. The van der Waals surface area contributed by atoms with Gasteiger partial charge in [-0.1, -0.05) is 23.9 Å². The zero-order valence-electron chi connectivity index (χ0n) is 17.7. The summed E-state index contributed by atoms with van der Waals surface area (Å²) >= 11 is 2.34. The summed E-state index contributed by atoms with van der Waals surface area (Å²) in [6.07, 6.45) is 0.396. The maximum Gasteiger partial charge on any atom is 0.289 e. The summed E-state index contributed by atoms with van der Waals surface area (Å²) in [4.78, 5) is 50.7. The zero-order valence-corrected chi connectivity index (χ0v) is 19.3. The van der Waals surface area contributed by atoms with E-state index < -0.39 is 5.25 Å². The van der Waals surface area contributed by atoms with Crippen LogP contribution in [0.15, 0.2) is 36.4 Å². The van der Waals surface area contributed by atoms with Gasteiger partial charge in [0.05, 0.1) is 22.8 Å². The lowest BCUT2D eigenvalue weighted by molar-refractivity contribution is -0.125. The Morgan fingerprint density at radius 3 is 2.55 bits per heavy atom. The predicted octanol–water partition coefficient (Wildman–Crippen LogP) is 3.48. The summed E-state index contributed by atoms with van der Waals surface area (Å²) in [5.41, 5.74) is 2.75. The van der Waals surface area contributed by atoms with Gasteiger partial charge in [-0.2, -0.15) is 0 Å². The van der Waals surface area contributed by atoms with E-state index in [0.29, 0.717) is 29.2 Å². The fourth-order valence-corrected chi connectivity index (χ4v) is 5.87. The van der Waals surface area contributed by atoms with Crippen molar-refractivity contribution >= 4 is 52.0 Å². The van der Waals surface area contributed by atoms with Crippen LogP contribution in [0.3, 0.4) is 0 Å². The molecule has 1 fully saturated rings. The van der Waals surface area contributed by atoms with Crippen LogP contribution < -0.4 is 14.8 Å². The fourth-order valence-electron chi connectivity index (χ4n) is 3.94. The Kier molecular flexibility index (Phi) is 5.79. The Labute approximate surface area is 198 Å². The number of ketones is 1. The quantitative estimate of drug-likeness (QED) is 0.704. The minimum atomic E-state index is -0.456. The highest BCUT2D eigenvalue weighted by atomic mass is 32.2. The van der Waals surface area contributed by atoms with Gasteiger partial charge in [0.2, 0.25) is 18.6 Å². The summed E-state index contributed by atoms with van der Waals surface area (Å²) in [5, 5.41) is 1.84. The standard InChI is InChI=1S/C23H20N2O6S2/c1-12-21(27)16-8-18-17(30-11-31-18)6-14(16)7-19(33-12)22(28)24-15-4-2-13(3-5-15)9-25-20(26)10-32-23(25)29/h2-6,8,12,19H,7,9-11H2,1H3,(H,24,28). The van der Waals surface area contributed by atoms with Crippen LogP contribution in [0.5, 0.6) is 11.5 Å². The largest absolute Gasteiger partial charge is 0.454 e. The number of imide groups is 1. The summed E-state index contributed by atoms with van der Waals surface area (Å²) < 4.78 is 10.8. The molecule has 2 atom stereocenters. The third kappa shape index (κ3) is 4.32. The molecular formula is C23H20N2O6S2. The van der Waals surface area contributed by atoms with Crippen LogP contribution in [0.25, 0.3) is 0 Å². The van der Waals surface area contributed by atoms with Gasteiger partial charge in [-0.15, -0.1) is 11.8 Å². The zero-order chi connectivity index (χ0) is 23.1. The molecule has 10 heteroatoms. The van der Waals surface area contributed by atoms with E-state index in [0.717, 1.165) is 22.9 Å². The number of carbonyl (C=O) groups excluding carboxylic acids is 4. The van der Waals surface area contributed by atoms with E-state index in [9.17, 15) is 19.2 Å². The number of rotatable bonds is 4. The Bertz CT molecular complexity index is 1150. The Balaban J connectivity index is 1.29. The molecule has 5 rings (SSSR count). The van der Waals surface area contributed by atoms with Crippen molar-refractivity contribution in [3.63, 3.8) is 0 Å². The molecule has 0 saturated carbocycles. The summed E-state index contributed by atoms with van der Waals surface area (Å²) in [7, 11) is 0. The molecule has 3 heterocycles. The molecule has 0 aromatic heterocycles. The number of thioether (sulfide) groups is 2. The molecule has 170 valence electrons. The van der Waals surface area contributed by atoms with Crippen LogP contribution in [0.4, 0.5) is 10.5 Å². The van der Waals surface area contributed by atoms with Gasteiger partial charge in [0.25, 0.3) is 5.24 Å². The van der Waals surface area contributed by atoms with E-state index in [2.05, 4.69) is 5.32 Å². The number of fused-ring (bicyclic) bond motifs is 2. The average molecular weight is 485 g/mol. The topological polar surface area (TPSA) is 102 Å². The van der Waals surface area contributed by atoms with Gasteiger partial charge >= 0.3 is 0 Å². The van der Waals surface area contributed by atoms with Crippen LogP contribution in [0.1, 0.15) is 28.4 Å². The lowest BCUT2D eigenvalue weighted by Gasteiger charge is -2.17. The molecular weight excluding hydrogens is 464 g/mol. The van der Waals surface area contributed by atoms with Crippen LogP contribution in [-0.2, 0) is 22.6 Å². The number of benzene rings is 2. The molecule has 2 aromatic carbocycles. The minimum absolute atomic E-state index is 0.0304. The van der Waals surface area contributed by atoms with E-state index in [4.69, 9.17) is 9.47 Å². The number of anilines is 1. The number of nitrogens with one attached hydrogen (secondary N) is 1. The number of Topliss-reactive ketones (excluding diaryl/α,β-unsaturated/α-hetero) is 1. The SMILES string of the molecule is CC1SC(C(=O)Nc2ccc(CN3C(=O)CSC3=O)cc2)Cc2cc3c(cc2C1=O)OCO3. The second kappa shape index (κ2) is 8.75. The maximum atomic E-state index is 13.1. The molecule has 3 aliphatic rings. The first-order chi connectivity index (χ1) is 15.9. The lowest BCUT2D eigenvalue weighted by atomic mass is 9.97. The maximum absolute atomic E-state index is 13.1. The Morgan fingerprint density at radius 2 is 1.85 bits per heavy atom. The highest BCUT2D eigenvalue weighted by molar-refractivity contribution is 8.14. The van der Waals surface area contributed by atoms with Gasteiger partial charge in [-0.25, -0.2) is 0 Å². The van der Waals surface area contributed by atoms with Crippen molar-refractivity contribution in [3.05, 3.63) is 53.1 Å². The third-order valence-corrected chi connectivity index (χ3v) is 7.89. The van der Waals surface area contributed by atoms with Crippen molar-refractivity contribution < 1.29 is 28.7 Å². The lowest BCUT2D eigenvalue weighted by Crippen LogP contribution is -2.28. The van der Waals surface area contributed by atoms with E-state index in [1.807, 2.05) is 0 Å². The molecule has 3 aliphatic heterocycles. The first-order valence-corrected chi connectivity index (χ1v) is 12.3. The normalized spacial score (nSPS) is 21.7. The van der Waals surface area contributed by atoms with Gasteiger partial charge in [0, 0.05) is 11.3 Å². The second-order valence-electron chi connectivity index (χ2n) is 7.92. The molecule has 8 nitrogen and oxygen atoms in total. The van der Waals surface area contributed by atoms with E-state index in [1.54, 1.807) is 43.3 Å². The van der Waals surface area contributed by atoms with Crippen molar-refractivity contribution in [2.45, 2.75) is 30.4 Å². The van der Waals surface area contributed by atoms with Crippen LogP contribution >= 0.6 is 23.5 Å². The molecule has 0 spiro atoms. The van der Waals surface area contributed by atoms with Crippen molar-refractivity contribution in [2.24, 2.45) is 0 Å². The predicted molar refractivity (Wildman–Crippen MR) is 125 cm³/mol. The highest BCUT2D eigenvalue weighted by Gasteiger charge is 2.34. The number of hydrogen-bond donors (Lipinski definition) is 1. The Morgan fingerprint density at radius 1 is 1.12 bits per heavy atom. The average Bonchev–Trinajstić information content (AvgIpc) is 3.36. The fraction of sp³-hybridized carbons (Fsp3) is 0.304. The van der Waals surface area contributed by atoms with Gasteiger partial charge < -0.3 is 14.8 Å². The number of amides is 3. The molecule has 0 aliphatic carbocycles. The summed E-state index contributed by atoms with van der Waals surface area (Å²) in [6.45, 7) is 2.14. The molecule has 1 N–H and O–H groups in total. The third-order valence-electron chi connectivity index (χ3n) is 5.70. The van der Waals surface area contributed by atoms with Gasteiger partial charge in [0.1, 0.15) is 0 Å². The molecule has 0 radical (unpaired) electrons. The van der Waals surface area contributed by atoms with Crippen LogP contribution in [-0.4, -0.2) is 50.8 Å². The molecule has 1 saturated heterocycles. The van der Waals surface area contributed by atoms with Crippen molar-refractivity contribution in [1.29, 1.82) is 0 Å². The number of ether oxygens (including phenoxy) is 2. The number of nitrogens with zero attached hydrogens (tertiary/aromatic N) is 1. The molecule has 3 amide bonds. The number of carbonyl (C=O) groups is 4. The monoisotopic (exact) mass is 484 g/mol. The highest BCUT2D eigenvalue weighted by Crippen LogP contribution is 2.39. The minimum Gasteiger partial charge on any atom is -0.454 e. The van der Waals surface area contributed by atoms with Crippen LogP contribution in [0.2, 0.25) is 0 Å². The van der Waals surface area contributed by atoms with Crippen molar-refractivity contribution in [2.75, 3.05) is 17.9 Å². The summed E-state index contributed by atoms with van der Waals surface area (Å²) in [6, 6.07) is 10.6. The molecule has 0 bridgehead atoms. The Hall–Kier alpha value is -2.98. The second-order valence-corrected chi connectivity index (χ2v) is 10.4.